The second-order valence-electron chi connectivity index (χ2n) is 3.43. The van der Waals surface area contributed by atoms with Crippen LogP contribution >= 0.6 is 0 Å². The predicted octanol–water partition coefficient (Wildman–Crippen LogP) is 1.01. The Morgan fingerprint density at radius 1 is 1.42 bits per heavy atom. The van der Waals surface area contributed by atoms with E-state index in [9.17, 15) is 0 Å². The molecular formula is C9H16N2O. The van der Waals surface area contributed by atoms with E-state index in [1.54, 1.807) is 0 Å². The van der Waals surface area contributed by atoms with Crippen molar-refractivity contribution in [1.29, 1.82) is 5.26 Å². The molecule has 0 radical (unpaired) electrons. The highest BCUT2D eigenvalue weighted by atomic mass is 16.5. The molecule has 0 bridgehead atoms. The average Bonchev–Trinajstić information content (AvgIpc) is 1.99. The van der Waals surface area contributed by atoms with Crippen LogP contribution in [-0.4, -0.2) is 36.7 Å². The lowest BCUT2D eigenvalue weighted by Crippen LogP contribution is -2.45. The Balaban J connectivity index is 2.30. The molecule has 0 aliphatic carbocycles. The molecule has 12 heavy (non-hydrogen) atoms. The maximum absolute atomic E-state index is 8.42. The molecule has 1 aliphatic heterocycles. The van der Waals surface area contributed by atoms with E-state index in [-0.39, 0.29) is 0 Å². The second kappa shape index (κ2) is 4.44. The number of hydrogen-bond donors (Lipinski definition) is 0. The summed E-state index contributed by atoms with van der Waals surface area (Å²) in [6.07, 6.45) is 1.25. The zero-order chi connectivity index (χ0) is 8.97. The topological polar surface area (TPSA) is 36.3 Å². The van der Waals surface area contributed by atoms with Crippen molar-refractivity contribution >= 4 is 0 Å². The molecule has 2 atom stereocenters. The van der Waals surface area contributed by atoms with E-state index in [0.29, 0.717) is 18.6 Å². The lowest BCUT2D eigenvalue weighted by Gasteiger charge is -2.34. The van der Waals surface area contributed by atoms with Crippen LogP contribution in [0.5, 0.6) is 0 Å². The van der Waals surface area contributed by atoms with Gasteiger partial charge in [0.15, 0.2) is 0 Å². The monoisotopic (exact) mass is 168 g/mol. The SMILES string of the molecule is CC1CN(CCC#N)CC(C)O1. The molecule has 0 amide bonds. The van der Waals surface area contributed by atoms with E-state index in [2.05, 4.69) is 24.8 Å². The molecule has 68 valence electrons. The summed E-state index contributed by atoms with van der Waals surface area (Å²) in [5.74, 6) is 0. The minimum absolute atomic E-state index is 0.312. The highest BCUT2D eigenvalue weighted by Crippen LogP contribution is 2.10. The third kappa shape index (κ3) is 2.80. The summed E-state index contributed by atoms with van der Waals surface area (Å²) >= 11 is 0. The Labute approximate surface area is 73.9 Å². The van der Waals surface area contributed by atoms with Crippen LogP contribution in [0.25, 0.3) is 0 Å². The van der Waals surface area contributed by atoms with Crippen LogP contribution in [0.4, 0.5) is 0 Å². The van der Waals surface area contributed by atoms with Gasteiger partial charge in [-0.1, -0.05) is 0 Å². The first-order chi connectivity index (χ1) is 5.72. The fourth-order valence-electron chi connectivity index (χ4n) is 1.68. The van der Waals surface area contributed by atoms with Crippen LogP contribution in [0.2, 0.25) is 0 Å². The van der Waals surface area contributed by atoms with Crippen molar-refractivity contribution < 1.29 is 4.74 Å². The Bertz CT molecular complexity index is 166. The molecule has 2 unspecified atom stereocenters. The van der Waals surface area contributed by atoms with Gasteiger partial charge in [0.05, 0.1) is 18.3 Å². The molecule has 3 heteroatoms. The molecule has 3 nitrogen and oxygen atoms in total. The summed E-state index contributed by atoms with van der Waals surface area (Å²) in [7, 11) is 0. The number of hydrogen-bond acceptors (Lipinski definition) is 3. The number of nitrogens with zero attached hydrogens (tertiary/aromatic N) is 2. The fraction of sp³-hybridized carbons (Fsp3) is 0.889. The molecule has 1 aliphatic rings. The first-order valence-electron chi connectivity index (χ1n) is 4.47. The van der Waals surface area contributed by atoms with E-state index in [1.165, 1.54) is 0 Å². The van der Waals surface area contributed by atoms with E-state index in [4.69, 9.17) is 10.00 Å². The standard InChI is InChI=1S/C9H16N2O/c1-8-6-11(5-3-4-10)7-9(2)12-8/h8-9H,3,5-7H2,1-2H3. The molecule has 0 aromatic rings. The van der Waals surface area contributed by atoms with Crippen LogP contribution in [0.3, 0.4) is 0 Å². The fourth-order valence-corrected chi connectivity index (χ4v) is 1.68. The number of ether oxygens (including phenoxy) is 1. The third-order valence-electron chi connectivity index (χ3n) is 2.04. The smallest absolute Gasteiger partial charge is 0.0678 e. The normalized spacial score (nSPS) is 31.4. The van der Waals surface area contributed by atoms with Crippen molar-refractivity contribution in [2.24, 2.45) is 0 Å². The van der Waals surface area contributed by atoms with E-state index in [0.717, 1.165) is 19.6 Å². The van der Waals surface area contributed by atoms with E-state index in [1.807, 2.05) is 0 Å². The number of rotatable bonds is 2. The number of morpholine rings is 1. The Kier molecular flexibility index (Phi) is 3.51. The zero-order valence-electron chi connectivity index (χ0n) is 7.79. The van der Waals surface area contributed by atoms with Crippen LogP contribution < -0.4 is 0 Å². The maximum Gasteiger partial charge on any atom is 0.0678 e. The minimum atomic E-state index is 0.312. The quantitative estimate of drug-likeness (QED) is 0.617. The van der Waals surface area contributed by atoms with Gasteiger partial charge in [-0.2, -0.15) is 5.26 Å². The second-order valence-corrected chi connectivity index (χ2v) is 3.43. The van der Waals surface area contributed by atoms with Gasteiger partial charge in [-0.25, -0.2) is 0 Å². The van der Waals surface area contributed by atoms with Crippen LogP contribution in [-0.2, 0) is 4.74 Å². The van der Waals surface area contributed by atoms with Crippen molar-refractivity contribution in [3.63, 3.8) is 0 Å². The van der Waals surface area contributed by atoms with Crippen molar-refractivity contribution in [2.75, 3.05) is 19.6 Å². The molecule has 1 rings (SSSR count). The molecule has 0 aromatic heterocycles. The van der Waals surface area contributed by atoms with Gasteiger partial charge in [-0.05, 0) is 13.8 Å². The summed E-state index contributed by atoms with van der Waals surface area (Å²) in [4.78, 5) is 2.29. The minimum Gasteiger partial charge on any atom is -0.373 e. The molecular weight excluding hydrogens is 152 g/mol. The Morgan fingerprint density at radius 2 is 2.00 bits per heavy atom. The summed E-state index contributed by atoms with van der Waals surface area (Å²) in [6.45, 7) is 6.97. The van der Waals surface area contributed by atoms with Gasteiger partial charge in [0.25, 0.3) is 0 Å². The predicted molar refractivity (Wildman–Crippen MR) is 46.7 cm³/mol. The van der Waals surface area contributed by atoms with Gasteiger partial charge >= 0.3 is 0 Å². The average molecular weight is 168 g/mol. The van der Waals surface area contributed by atoms with E-state index < -0.39 is 0 Å². The largest absolute Gasteiger partial charge is 0.373 e. The van der Waals surface area contributed by atoms with Gasteiger partial charge in [0, 0.05) is 26.1 Å². The molecule has 0 saturated carbocycles. The van der Waals surface area contributed by atoms with E-state index >= 15 is 0 Å². The van der Waals surface area contributed by atoms with Gasteiger partial charge in [0.2, 0.25) is 0 Å². The van der Waals surface area contributed by atoms with Crippen LogP contribution in [0.15, 0.2) is 0 Å². The molecule has 0 N–H and O–H groups in total. The molecule has 1 heterocycles. The summed E-state index contributed by atoms with van der Waals surface area (Å²) in [5, 5.41) is 8.42. The van der Waals surface area contributed by atoms with Crippen molar-refractivity contribution in [3.05, 3.63) is 0 Å². The first-order valence-corrected chi connectivity index (χ1v) is 4.47. The van der Waals surface area contributed by atoms with Gasteiger partial charge < -0.3 is 4.74 Å². The first kappa shape index (κ1) is 9.50. The summed E-state index contributed by atoms with van der Waals surface area (Å²) in [6, 6.07) is 2.16. The summed E-state index contributed by atoms with van der Waals surface area (Å²) < 4.78 is 5.57. The van der Waals surface area contributed by atoms with Crippen molar-refractivity contribution in [1.82, 2.24) is 4.90 Å². The van der Waals surface area contributed by atoms with Gasteiger partial charge in [-0.3, -0.25) is 4.90 Å². The number of nitriles is 1. The van der Waals surface area contributed by atoms with Crippen LogP contribution in [0, 0.1) is 11.3 Å². The lowest BCUT2D eigenvalue weighted by molar-refractivity contribution is -0.0672. The van der Waals surface area contributed by atoms with Crippen LogP contribution in [0.1, 0.15) is 20.3 Å². The van der Waals surface area contributed by atoms with Gasteiger partial charge in [-0.15, -0.1) is 0 Å². The highest BCUT2D eigenvalue weighted by Gasteiger charge is 2.21. The molecule has 1 saturated heterocycles. The molecule has 0 aromatic carbocycles. The summed E-state index contributed by atoms with van der Waals surface area (Å²) in [5.41, 5.74) is 0. The lowest BCUT2D eigenvalue weighted by atomic mass is 10.2. The van der Waals surface area contributed by atoms with Crippen molar-refractivity contribution in [3.8, 4) is 6.07 Å². The van der Waals surface area contributed by atoms with Crippen molar-refractivity contribution in [2.45, 2.75) is 32.5 Å². The zero-order valence-corrected chi connectivity index (χ0v) is 7.79. The Hall–Kier alpha value is -0.590. The van der Waals surface area contributed by atoms with Gasteiger partial charge in [0.1, 0.15) is 0 Å². The Morgan fingerprint density at radius 3 is 2.50 bits per heavy atom. The third-order valence-corrected chi connectivity index (χ3v) is 2.04. The maximum atomic E-state index is 8.42. The highest BCUT2D eigenvalue weighted by molar-refractivity contribution is 4.77. The molecule has 1 fully saturated rings. The molecule has 0 spiro atoms.